The van der Waals surface area contributed by atoms with Crippen LogP contribution in [0.2, 0.25) is 15.2 Å². The van der Waals surface area contributed by atoms with E-state index in [1.807, 2.05) is 19.1 Å². The van der Waals surface area contributed by atoms with E-state index in [-0.39, 0.29) is 10.8 Å². The number of halogens is 3. The van der Waals surface area contributed by atoms with Gasteiger partial charge in [-0.15, -0.1) is 0 Å². The number of aromatic nitrogens is 2. The predicted molar refractivity (Wildman–Crippen MR) is 88.9 cm³/mol. The van der Waals surface area contributed by atoms with E-state index < -0.39 is 5.97 Å². The Balaban J connectivity index is 0.000000235. The lowest BCUT2D eigenvalue weighted by Crippen LogP contribution is -2.09. The van der Waals surface area contributed by atoms with Crippen molar-refractivity contribution in [3.05, 3.63) is 56.5 Å². The Kier molecular flexibility index (Phi) is 7.59. The summed E-state index contributed by atoms with van der Waals surface area (Å²) in [5, 5.41) is 1.36. The summed E-state index contributed by atoms with van der Waals surface area (Å²) >= 11 is 17.1. The molecule has 0 unspecified atom stereocenters. The molecule has 0 saturated carbocycles. The number of ether oxygens (including phenoxy) is 1. The number of carbonyl (C=O) groups is 1. The topological polar surface area (TPSA) is 52.1 Å². The monoisotopic (exact) mass is 360 g/mol. The summed E-state index contributed by atoms with van der Waals surface area (Å²) in [5.41, 5.74) is 1.75. The van der Waals surface area contributed by atoms with Gasteiger partial charge in [-0.3, -0.25) is 0 Å². The lowest BCUT2D eigenvalue weighted by molar-refractivity contribution is 0.0519. The fourth-order valence-electron chi connectivity index (χ4n) is 1.40. The molecule has 0 saturated heterocycles. The molecular formula is C15H15Cl3N2O2. The third-order valence-corrected chi connectivity index (χ3v) is 3.64. The van der Waals surface area contributed by atoms with E-state index in [9.17, 15) is 4.79 Å². The molecule has 0 aliphatic carbocycles. The van der Waals surface area contributed by atoms with E-state index in [4.69, 9.17) is 39.5 Å². The predicted octanol–water partition coefficient (Wildman–Crippen LogP) is 4.92. The average Bonchev–Trinajstić information content (AvgIpc) is 2.45. The average molecular weight is 362 g/mol. The highest BCUT2D eigenvalue weighted by Crippen LogP contribution is 2.24. The molecule has 0 aliphatic rings. The summed E-state index contributed by atoms with van der Waals surface area (Å²) in [6, 6.07) is 5.58. The first-order valence-corrected chi connectivity index (χ1v) is 7.57. The van der Waals surface area contributed by atoms with Crippen LogP contribution in [0.3, 0.4) is 0 Å². The molecule has 0 spiro atoms. The Labute approximate surface area is 144 Å². The molecule has 0 N–H and O–H groups in total. The molecule has 7 heteroatoms. The second-order valence-electron chi connectivity index (χ2n) is 4.24. The molecule has 1 heterocycles. The second kappa shape index (κ2) is 8.93. The Morgan fingerprint density at radius 2 is 1.91 bits per heavy atom. The zero-order valence-corrected chi connectivity index (χ0v) is 14.6. The summed E-state index contributed by atoms with van der Waals surface area (Å²) < 4.78 is 4.72. The number of hydrogen-bond donors (Lipinski definition) is 0. The largest absolute Gasteiger partial charge is 0.461 e. The van der Waals surface area contributed by atoms with E-state index in [0.717, 1.165) is 5.56 Å². The maximum atomic E-state index is 11.2. The summed E-state index contributed by atoms with van der Waals surface area (Å²) in [7, 11) is 0. The highest BCUT2D eigenvalue weighted by molar-refractivity contribution is 6.42. The van der Waals surface area contributed by atoms with Crippen LogP contribution in [0.15, 0.2) is 24.4 Å². The van der Waals surface area contributed by atoms with Crippen molar-refractivity contribution >= 4 is 40.8 Å². The van der Waals surface area contributed by atoms with Gasteiger partial charge in [-0.25, -0.2) is 14.8 Å². The van der Waals surface area contributed by atoms with Gasteiger partial charge in [0.15, 0.2) is 10.8 Å². The number of nitrogens with zero attached hydrogens (tertiary/aromatic N) is 2. The van der Waals surface area contributed by atoms with Crippen molar-refractivity contribution in [1.82, 2.24) is 9.97 Å². The molecule has 0 radical (unpaired) electrons. The van der Waals surface area contributed by atoms with E-state index in [1.165, 1.54) is 6.20 Å². The van der Waals surface area contributed by atoms with E-state index in [0.29, 0.717) is 22.3 Å². The molecule has 0 fully saturated rings. The first-order chi connectivity index (χ1) is 10.4. The third-order valence-electron chi connectivity index (χ3n) is 2.46. The van der Waals surface area contributed by atoms with Crippen molar-refractivity contribution in [3.63, 3.8) is 0 Å². The minimum absolute atomic E-state index is 0.0640. The smallest absolute Gasteiger partial charge is 0.360 e. The molecule has 2 aromatic rings. The molecule has 0 atom stereocenters. The van der Waals surface area contributed by atoms with Crippen LogP contribution in [0.4, 0.5) is 0 Å². The van der Waals surface area contributed by atoms with Gasteiger partial charge in [0.05, 0.1) is 22.3 Å². The fourth-order valence-corrected chi connectivity index (χ4v) is 2.00. The van der Waals surface area contributed by atoms with Crippen LogP contribution in [-0.4, -0.2) is 22.5 Å². The molecule has 118 valence electrons. The van der Waals surface area contributed by atoms with Gasteiger partial charge < -0.3 is 4.74 Å². The molecule has 22 heavy (non-hydrogen) atoms. The van der Waals surface area contributed by atoms with Crippen molar-refractivity contribution < 1.29 is 9.53 Å². The van der Waals surface area contributed by atoms with Crippen LogP contribution in [0, 0.1) is 13.8 Å². The van der Waals surface area contributed by atoms with Gasteiger partial charge in [0.1, 0.15) is 0 Å². The number of aryl methyl sites for hydroxylation is 2. The van der Waals surface area contributed by atoms with Gasteiger partial charge in [0, 0.05) is 6.20 Å². The summed E-state index contributed by atoms with van der Waals surface area (Å²) in [6.07, 6.45) is 1.47. The van der Waals surface area contributed by atoms with Crippen LogP contribution in [0.1, 0.15) is 28.7 Å². The lowest BCUT2D eigenvalue weighted by atomic mass is 10.2. The van der Waals surface area contributed by atoms with Crippen LogP contribution >= 0.6 is 34.8 Å². The molecular weight excluding hydrogens is 347 g/mol. The standard InChI is InChI=1S/C8H9ClN2O2.C7H6Cl2/c1-3-13-8(12)6-7(9)11-5(2)4-10-6;1-5-3-2-4-6(8)7(5)9/h4H,3H2,1-2H3;2-4H,1H3. The zero-order valence-electron chi connectivity index (χ0n) is 12.4. The highest BCUT2D eigenvalue weighted by atomic mass is 35.5. The number of hydrogen-bond acceptors (Lipinski definition) is 4. The third kappa shape index (κ3) is 5.44. The zero-order chi connectivity index (χ0) is 16.7. The maximum absolute atomic E-state index is 11.2. The van der Waals surface area contributed by atoms with Crippen LogP contribution < -0.4 is 0 Å². The normalized spacial score (nSPS) is 9.73. The van der Waals surface area contributed by atoms with Gasteiger partial charge in [-0.05, 0) is 32.4 Å². The molecule has 4 nitrogen and oxygen atoms in total. The fraction of sp³-hybridized carbons (Fsp3) is 0.267. The van der Waals surface area contributed by atoms with Gasteiger partial charge in [0.2, 0.25) is 0 Å². The van der Waals surface area contributed by atoms with Crippen molar-refractivity contribution in [2.75, 3.05) is 6.61 Å². The van der Waals surface area contributed by atoms with Crippen molar-refractivity contribution in [1.29, 1.82) is 0 Å². The maximum Gasteiger partial charge on any atom is 0.360 e. The Bertz CT molecular complexity index is 643. The number of rotatable bonds is 2. The Morgan fingerprint density at radius 1 is 1.23 bits per heavy atom. The van der Waals surface area contributed by atoms with Gasteiger partial charge >= 0.3 is 5.97 Å². The van der Waals surface area contributed by atoms with Gasteiger partial charge in [-0.2, -0.15) is 0 Å². The van der Waals surface area contributed by atoms with Crippen molar-refractivity contribution in [2.24, 2.45) is 0 Å². The van der Waals surface area contributed by atoms with E-state index >= 15 is 0 Å². The SMILES string of the molecule is CCOC(=O)c1ncc(C)nc1Cl.Cc1cccc(Cl)c1Cl. The Morgan fingerprint density at radius 3 is 2.41 bits per heavy atom. The molecule has 1 aromatic heterocycles. The number of esters is 1. The highest BCUT2D eigenvalue weighted by Gasteiger charge is 2.13. The van der Waals surface area contributed by atoms with E-state index in [1.54, 1.807) is 19.9 Å². The lowest BCUT2D eigenvalue weighted by Gasteiger charge is -2.02. The van der Waals surface area contributed by atoms with Crippen LogP contribution in [-0.2, 0) is 4.74 Å². The quantitative estimate of drug-likeness (QED) is 0.713. The van der Waals surface area contributed by atoms with Crippen molar-refractivity contribution in [3.8, 4) is 0 Å². The first-order valence-electron chi connectivity index (χ1n) is 6.43. The summed E-state index contributed by atoms with van der Waals surface area (Å²) in [4.78, 5) is 18.9. The molecule has 0 amide bonds. The van der Waals surface area contributed by atoms with Gasteiger partial charge in [-0.1, -0.05) is 46.9 Å². The first kappa shape index (κ1) is 18.7. The minimum atomic E-state index is -0.542. The number of benzene rings is 1. The molecule has 1 aromatic carbocycles. The number of carbonyl (C=O) groups excluding carboxylic acids is 1. The second-order valence-corrected chi connectivity index (χ2v) is 5.39. The molecule has 2 rings (SSSR count). The summed E-state index contributed by atoms with van der Waals surface area (Å²) in [5.74, 6) is -0.542. The van der Waals surface area contributed by atoms with Crippen molar-refractivity contribution in [2.45, 2.75) is 20.8 Å². The molecule has 0 aliphatic heterocycles. The van der Waals surface area contributed by atoms with Gasteiger partial charge in [0.25, 0.3) is 0 Å². The van der Waals surface area contributed by atoms with Crippen LogP contribution in [0.25, 0.3) is 0 Å². The molecule has 0 bridgehead atoms. The van der Waals surface area contributed by atoms with E-state index in [2.05, 4.69) is 9.97 Å². The Hall–Kier alpha value is -1.36. The summed E-state index contributed by atoms with van der Waals surface area (Å²) in [6.45, 7) is 5.68. The minimum Gasteiger partial charge on any atom is -0.461 e. The van der Waals surface area contributed by atoms with Crippen LogP contribution in [0.5, 0.6) is 0 Å².